The van der Waals surface area contributed by atoms with Crippen molar-refractivity contribution in [2.24, 2.45) is 0 Å². The highest BCUT2D eigenvalue weighted by Gasteiger charge is 2.12. The summed E-state index contributed by atoms with van der Waals surface area (Å²) < 4.78 is 33.3. The van der Waals surface area contributed by atoms with Crippen molar-refractivity contribution < 1.29 is 13.5 Å². The number of hydrogen-bond acceptors (Lipinski definition) is 3. The lowest BCUT2D eigenvalue weighted by Gasteiger charge is -2.20. The smallest absolute Gasteiger partial charge is 0.200 e. The highest BCUT2D eigenvalue weighted by Crippen LogP contribution is 2.22. The van der Waals surface area contributed by atoms with Crippen LogP contribution in [0.5, 0.6) is 5.75 Å². The number of nitrogens with zero attached hydrogens (tertiary/aromatic N) is 1. The van der Waals surface area contributed by atoms with Gasteiger partial charge in [0.2, 0.25) is 0 Å². The zero-order chi connectivity index (χ0) is 19.4. The van der Waals surface area contributed by atoms with Crippen LogP contribution >= 0.6 is 0 Å². The molecule has 0 unspecified atom stereocenters. The van der Waals surface area contributed by atoms with Crippen LogP contribution in [-0.4, -0.2) is 36.1 Å². The molecule has 0 atom stereocenters. The van der Waals surface area contributed by atoms with Crippen molar-refractivity contribution in [1.29, 1.82) is 0 Å². The van der Waals surface area contributed by atoms with Crippen LogP contribution in [0.25, 0.3) is 21.8 Å². The van der Waals surface area contributed by atoms with Crippen LogP contribution in [0.1, 0.15) is 26.7 Å². The van der Waals surface area contributed by atoms with Gasteiger partial charge in [-0.05, 0) is 50.2 Å². The number of fused-ring (bicyclic) bond motifs is 2. The third-order valence-electron chi connectivity index (χ3n) is 4.54. The summed E-state index contributed by atoms with van der Waals surface area (Å²) in [6, 6.07) is 6.91. The van der Waals surface area contributed by atoms with Crippen LogP contribution in [0, 0.1) is 11.6 Å². The van der Waals surface area contributed by atoms with Crippen molar-refractivity contribution >= 4 is 21.8 Å². The van der Waals surface area contributed by atoms with Crippen LogP contribution in [0.2, 0.25) is 0 Å². The van der Waals surface area contributed by atoms with E-state index in [0.717, 1.165) is 44.6 Å². The minimum absolute atomic E-state index is 0.141. The van der Waals surface area contributed by atoms with E-state index >= 15 is 0 Å². The molecule has 1 N–H and O–H groups in total. The molecule has 0 saturated carbocycles. The Kier molecular flexibility index (Phi) is 6.06. The Labute approximate surface area is 156 Å². The van der Waals surface area contributed by atoms with Gasteiger partial charge in [0, 0.05) is 18.0 Å². The zero-order valence-corrected chi connectivity index (χ0v) is 15.6. The number of benzene rings is 2. The number of hydrogen-bond donors (Lipinski definition) is 1. The molecule has 0 aliphatic heterocycles. The highest BCUT2D eigenvalue weighted by molar-refractivity contribution is 5.93. The summed E-state index contributed by atoms with van der Waals surface area (Å²) in [6.45, 7) is 7.66. The summed E-state index contributed by atoms with van der Waals surface area (Å²) >= 11 is 0. The van der Waals surface area contributed by atoms with Gasteiger partial charge in [0.15, 0.2) is 5.43 Å². The summed E-state index contributed by atoms with van der Waals surface area (Å²) in [4.78, 5) is 17.9. The third-order valence-corrected chi connectivity index (χ3v) is 4.54. The van der Waals surface area contributed by atoms with Gasteiger partial charge in [-0.3, -0.25) is 9.69 Å². The summed E-state index contributed by atoms with van der Waals surface area (Å²) in [5.41, 5.74) is 0.192. The monoisotopic (exact) mass is 374 g/mol. The van der Waals surface area contributed by atoms with E-state index in [-0.39, 0.29) is 10.9 Å². The molecule has 0 bridgehead atoms. The van der Waals surface area contributed by atoms with Crippen molar-refractivity contribution in [3.05, 3.63) is 52.2 Å². The number of aromatic nitrogens is 1. The van der Waals surface area contributed by atoms with Crippen LogP contribution in [0.3, 0.4) is 0 Å². The standard InChI is InChI=1S/C21H24F2N2O2/c1-3-7-25(8-4-2)9-10-27-15-5-6-18-16(13-15)21(26)20-17(23)11-14(22)12-19(20)24-18/h5-6,11-13H,3-4,7-10H2,1-2H3,(H,24,26). The minimum Gasteiger partial charge on any atom is -0.492 e. The number of halogens is 2. The topological polar surface area (TPSA) is 45.3 Å². The van der Waals surface area contributed by atoms with E-state index in [0.29, 0.717) is 23.3 Å². The van der Waals surface area contributed by atoms with Gasteiger partial charge >= 0.3 is 0 Å². The first kappa shape index (κ1) is 19.3. The third kappa shape index (κ3) is 4.27. The molecule has 0 saturated heterocycles. The predicted molar refractivity (Wildman–Crippen MR) is 105 cm³/mol. The lowest BCUT2D eigenvalue weighted by molar-refractivity contribution is 0.209. The molecular weight excluding hydrogens is 350 g/mol. The van der Waals surface area contributed by atoms with Crippen LogP contribution in [-0.2, 0) is 0 Å². The van der Waals surface area contributed by atoms with E-state index in [1.807, 2.05) is 0 Å². The largest absolute Gasteiger partial charge is 0.492 e. The predicted octanol–water partition coefficient (Wildman–Crippen LogP) is 4.46. The molecule has 4 nitrogen and oxygen atoms in total. The van der Waals surface area contributed by atoms with Crippen molar-refractivity contribution in [2.45, 2.75) is 26.7 Å². The van der Waals surface area contributed by atoms with Crippen molar-refractivity contribution in [3.8, 4) is 5.75 Å². The number of rotatable bonds is 8. The number of aromatic amines is 1. The van der Waals surface area contributed by atoms with E-state index < -0.39 is 17.1 Å². The molecule has 2 aromatic carbocycles. The second kappa shape index (κ2) is 8.48. The fraction of sp³-hybridized carbons (Fsp3) is 0.381. The quantitative estimate of drug-likeness (QED) is 0.592. The summed E-state index contributed by atoms with van der Waals surface area (Å²) in [5.74, 6) is -1.03. The molecule has 0 fully saturated rings. The molecule has 0 radical (unpaired) electrons. The van der Waals surface area contributed by atoms with E-state index in [1.165, 1.54) is 0 Å². The highest BCUT2D eigenvalue weighted by atomic mass is 19.1. The van der Waals surface area contributed by atoms with Crippen molar-refractivity contribution in [2.75, 3.05) is 26.2 Å². The molecule has 3 aromatic rings. The number of pyridine rings is 1. The van der Waals surface area contributed by atoms with Crippen LogP contribution < -0.4 is 10.2 Å². The second-order valence-corrected chi connectivity index (χ2v) is 6.66. The first-order valence-electron chi connectivity index (χ1n) is 9.33. The van der Waals surface area contributed by atoms with Gasteiger partial charge in [-0.2, -0.15) is 0 Å². The fourth-order valence-corrected chi connectivity index (χ4v) is 3.35. The van der Waals surface area contributed by atoms with Gasteiger partial charge < -0.3 is 9.72 Å². The first-order chi connectivity index (χ1) is 13.0. The van der Waals surface area contributed by atoms with E-state index in [9.17, 15) is 13.6 Å². The summed E-state index contributed by atoms with van der Waals surface area (Å²) in [5, 5.41) is 0.183. The molecule has 144 valence electrons. The van der Waals surface area contributed by atoms with Gasteiger partial charge in [0.1, 0.15) is 24.0 Å². The number of H-pyrrole nitrogens is 1. The molecule has 0 amide bonds. The van der Waals surface area contributed by atoms with Crippen LogP contribution in [0.4, 0.5) is 8.78 Å². The van der Waals surface area contributed by atoms with Crippen LogP contribution in [0.15, 0.2) is 35.1 Å². The van der Waals surface area contributed by atoms with E-state index in [4.69, 9.17) is 4.74 Å². The number of nitrogens with one attached hydrogen (secondary N) is 1. The van der Waals surface area contributed by atoms with Gasteiger partial charge in [0.25, 0.3) is 0 Å². The second-order valence-electron chi connectivity index (χ2n) is 6.66. The molecular formula is C21H24F2N2O2. The summed E-state index contributed by atoms with van der Waals surface area (Å²) in [7, 11) is 0. The summed E-state index contributed by atoms with van der Waals surface area (Å²) in [6.07, 6.45) is 2.18. The molecule has 6 heteroatoms. The Hall–Kier alpha value is -2.47. The molecule has 3 rings (SSSR count). The van der Waals surface area contributed by atoms with Gasteiger partial charge in [0.05, 0.1) is 16.4 Å². The minimum atomic E-state index is -0.866. The Bertz CT molecular complexity index is 995. The lowest BCUT2D eigenvalue weighted by atomic mass is 10.1. The molecule has 1 heterocycles. The van der Waals surface area contributed by atoms with Gasteiger partial charge in [-0.15, -0.1) is 0 Å². The molecule has 0 aliphatic rings. The molecule has 27 heavy (non-hydrogen) atoms. The SMILES string of the molecule is CCCN(CCC)CCOc1ccc2[nH]c3cc(F)cc(F)c3c(=O)c2c1. The van der Waals surface area contributed by atoms with Crippen molar-refractivity contribution in [1.82, 2.24) is 9.88 Å². The maximum atomic E-state index is 14.1. The Balaban J connectivity index is 1.85. The fourth-order valence-electron chi connectivity index (χ4n) is 3.35. The Morgan fingerprint density at radius 2 is 1.74 bits per heavy atom. The maximum absolute atomic E-state index is 14.1. The average molecular weight is 374 g/mol. The molecule has 0 spiro atoms. The Morgan fingerprint density at radius 3 is 2.44 bits per heavy atom. The zero-order valence-electron chi connectivity index (χ0n) is 15.6. The van der Waals surface area contributed by atoms with Gasteiger partial charge in [-0.1, -0.05) is 13.8 Å². The first-order valence-corrected chi connectivity index (χ1v) is 9.33. The van der Waals surface area contributed by atoms with Crippen molar-refractivity contribution in [3.63, 3.8) is 0 Å². The maximum Gasteiger partial charge on any atom is 0.200 e. The van der Waals surface area contributed by atoms with Gasteiger partial charge in [-0.25, -0.2) is 8.78 Å². The normalized spacial score (nSPS) is 11.6. The van der Waals surface area contributed by atoms with E-state index in [1.54, 1.807) is 18.2 Å². The number of ether oxygens (including phenoxy) is 1. The molecule has 1 aromatic heterocycles. The average Bonchev–Trinajstić information content (AvgIpc) is 2.62. The lowest BCUT2D eigenvalue weighted by Crippen LogP contribution is -2.30. The van der Waals surface area contributed by atoms with E-state index in [2.05, 4.69) is 23.7 Å². The molecule has 0 aliphatic carbocycles. The Morgan fingerprint density at radius 1 is 1.00 bits per heavy atom.